The lowest BCUT2D eigenvalue weighted by Gasteiger charge is -2.12. The summed E-state index contributed by atoms with van der Waals surface area (Å²) in [6.45, 7) is 6.99. The Hall–Kier alpha value is -1.54. The van der Waals surface area contributed by atoms with E-state index in [1.54, 1.807) is 6.92 Å². The van der Waals surface area contributed by atoms with Crippen molar-refractivity contribution in [2.24, 2.45) is 5.92 Å². The number of thioether (sulfide) groups is 1. The van der Waals surface area contributed by atoms with Gasteiger partial charge in [0, 0.05) is 17.6 Å². The smallest absolute Gasteiger partial charge is 0.330 e. The molecule has 144 valence electrons. The van der Waals surface area contributed by atoms with Gasteiger partial charge in [-0.1, -0.05) is 26.8 Å². The summed E-state index contributed by atoms with van der Waals surface area (Å²) in [6.07, 6.45) is 1.91. The molecule has 0 aromatic carbocycles. The molecule has 0 spiro atoms. The first-order chi connectivity index (χ1) is 11.9. The molecule has 0 bridgehead atoms. The molecule has 0 heterocycles. The molecule has 8 heteroatoms. The van der Waals surface area contributed by atoms with E-state index in [4.69, 9.17) is 9.47 Å². The van der Waals surface area contributed by atoms with Crippen molar-refractivity contribution < 1.29 is 33.7 Å². The lowest BCUT2D eigenvalue weighted by atomic mass is 10.2. The molecule has 0 radical (unpaired) electrons. The molecule has 7 nitrogen and oxygen atoms in total. The highest BCUT2D eigenvalue weighted by atomic mass is 32.2. The molecule has 0 aliphatic rings. The van der Waals surface area contributed by atoms with Gasteiger partial charge in [-0.3, -0.25) is 9.59 Å². The Morgan fingerprint density at radius 2 is 1.88 bits per heavy atom. The Kier molecular flexibility index (Phi) is 13.9. The molecular weight excluding hydrogens is 348 g/mol. The van der Waals surface area contributed by atoms with E-state index in [1.165, 1.54) is 11.8 Å². The maximum absolute atomic E-state index is 11.7. The molecular formula is C17H28O7S. The maximum atomic E-state index is 11.7. The SMILES string of the molecule is C=CC(=O)OCC(O)COC(=O)CCSCC(C)C(=O)OCCCC. The van der Waals surface area contributed by atoms with Crippen LogP contribution >= 0.6 is 11.8 Å². The molecule has 2 atom stereocenters. The van der Waals surface area contributed by atoms with Crippen molar-refractivity contribution >= 4 is 29.7 Å². The van der Waals surface area contributed by atoms with E-state index < -0.39 is 18.0 Å². The van der Waals surface area contributed by atoms with Crippen molar-refractivity contribution in [2.75, 3.05) is 31.3 Å². The first-order valence-electron chi connectivity index (χ1n) is 8.27. The van der Waals surface area contributed by atoms with Crippen LogP contribution in [-0.2, 0) is 28.6 Å². The molecule has 0 aromatic rings. The zero-order valence-corrected chi connectivity index (χ0v) is 15.7. The average Bonchev–Trinajstić information content (AvgIpc) is 2.61. The fraction of sp³-hybridized carbons (Fsp3) is 0.706. The maximum Gasteiger partial charge on any atom is 0.330 e. The van der Waals surface area contributed by atoms with Crippen LogP contribution in [0.3, 0.4) is 0 Å². The number of rotatable bonds is 14. The third-order valence-electron chi connectivity index (χ3n) is 2.98. The number of hydrogen-bond acceptors (Lipinski definition) is 8. The van der Waals surface area contributed by atoms with Gasteiger partial charge in [-0.05, 0) is 6.42 Å². The fourth-order valence-electron chi connectivity index (χ4n) is 1.49. The van der Waals surface area contributed by atoms with Crippen LogP contribution in [0.15, 0.2) is 12.7 Å². The van der Waals surface area contributed by atoms with E-state index >= 15 is 0 Å². The summed E-state index contributed by atoms with van der Waals surface area (Å²) in [5, 5.41) is 9.49. The Labute approximate surface area is 153 Å². The third-order valence-corrected chi connectivity index (χ3v) is 4.21. The average molecular weight is 376 g/mol. The predicted octanol–water partition coefficient (Wildman–Crippen LogP) is 1.72. The molecule has 25 heavy (non-hydrogen) atoms. The van der Waals surface area contributed by atoms with E-state index in [0.717, 1.165) is 18.9 Å². The summed E-state index contributed by atoms with van der Waals surface area (Å²) >= 11 is 1.46. The highest BCUT2D eigenvalue weighted by Gasteiger charge is 2.15. The minimum absolute atomic E-state index is 0.168. The van der Waals surface area contributed by atoms with Crippen LogP contribution in [0.25, 0.3) is 0 Å². The zero-order chi connectivity index (χ0) is 19.1. The first-order valence-corrected chi connectivity index (χ1v) is 9.43. The molecule has 0 saturated carbocycles. The van der Waals surface area contributed by atoms with Crippen molar-refractivity contribution in [3.05, 3.63) is 12.7 Å². The number of aliphatic hydroxyl groups is 1. The molecule has 0 aliphatic heterocycles. The summed E-state index contributed by atoms with van der Waals surface area (Å²) in [5.41, 5.74) is 0. The Bertz CT molecular complexity index is 425. The van der Waals surface area contributed by atoms with E-state index in [-0.39, 0.29) is 31.5 Å². The molecule has 0 fully saturated rings. The number of carbonyl (C=O) groups is 3. The number of ether oxygens (including phenoxy) is 3. The zero-order valence-electron chi connectivity index (χ0n) is 14.9. The van der Waals surface area contributed by atoms with Gasteiger partial charge in [0.05, 0.1) is 18.9 Å². The molecule has 0 saturated heterocycles. The highest BCUT2D eigenvalue weighted by molar-refractivity contribution is 7.99. The minimum Gasteiger partial charge on any atom is -0.465 e. The monoisotopic (exact) mass is 376 g/mol. The van der Waals surface area contributed by atoms with E-state index in [2.05, 4.69) is 11.3 Å². The minimum atomic E-state index is -1.07. The van der Waals surface area contributed by atoms with Crippen LogP contribution in [0.4, 0.5) is 0 Å². The lowest BCUT2D eigenvalue weighted by Crippen LogP contribution is -2.25. The van der Waals surface area contributed by atoms with Crippen LogP contribution in [0.2, 0.25) is 0 Å². The second-order valence-electron chi connectivity index (χ2n) is 5.42. The van der Waals surface area contributed by atoms with Crippen molar-refractivity contribution in [1.82, 2.24) is 0 Å². The largest absolute Gasteiger partial charge is 0.465 e. The fourth-order valence-corrected chi connectivity index (χ4v) is 2.46. The van der Waals surface area contributed by atoms with E-state index in [1.807, 2.05) is 6.92 Å². The topological polar surface area (TPSA) is 99.1 Å². The molecule has 0 aromatic heterocycles. The van der Waals surface area contributed by atoms with Crippen LogP contribution in [0.5, 0.6) is 0 Å². The number of carbonyl (C=O) groups excluding carboxylic acids is 3. The van der Waals surface area contributed by atoms with Crippen molar-refractivity contribution in [3.8, 4) is 0 Å². The highest BCUT2D eigenvalue weighted by Crippen LogP contribution is 2.12. The van der Waals surface area contributed by atoms with Crippen LogP contribution in [-0.4, -0.2) is 60.4 Å². The van der Waals surface area contributed by atoms with E-state index in [0.29, 0.717) is 18.1 Å². The van der Waals surface area contributed by atoms with Crippen LogP contribution in [0.1, 0.15) is 33.1 Å². The number of aliphatic hydroxyl groups excluding tert-OH is 1. The van der Waals surface area contributed by atoms with Gasteiger partial charge in [-0.25, -0.2) is 4.79 Å². The van der Waals surface area contributed by atoms with Gasteiger partial charge in [0.25, 0.3) is 0 Å². The van der Waals surface area contributed by atoms with Crippen molar-refractivity contribution in [3.63, 3.8) is 0 Å². The quantitative estimate of drug-likeness (QED) is 0.212. The standard InChI is InChI=1S/C17H28O7S/c1-4-6-8-22-17(21)13(3)12-25-9-7-16(20)24-11-14(18)10-23-15(19)5-2/h5,13-14,18H,2,4,6-12H2,1,3H3. The third kappa shape index (κ3) is 13.4. The summed E-state index contributed by atoms with van der Waals surface area (Å²) in [5.74, 6) is -0.477. The van der Waals surface area contributed by atoms with Crippen LogP contribution in [0, 0.1) is 5.92 Å². The Morgan fingerprint density at radius 1 is 1.20 bits per heavy atom. The number of hydrogen-bond donors (Lipinski definition) is 1. The van der Waals surface area contributed by atoms with Gasteiger partial charge in [-0.2, -0.15) is 11.8 Å². The van der Waals surface area contributed by atoms with Gasteiger partial charge in [0.15, 0.2) is 0 Å². The molecule has 0 amide bonds. The number of esters is 3. The number of unbranched alkanes of at least 4 members (excludes halogenated alkanes) is 1. The molecule has 1 N–H and O–H groups in total. The van der Waals surface area contributed by atoms with Gasteiger partial charge >= 0.3 is 17.9 Å². The Morgan fingerprint density at radius 3 is 2.52 bits per heavy atom. The lowest BCUT2D eigenvalue weighted by molar-refractivity contribution is -0.150. The van der Waals surface area contributed by atoms with Gasteiger partial charge in [-0.15, -0.1) is 0 Å². The van der Waals surface area contributed by atoms with Crippen molar-refractivity contribution in [2.45, 2.75) is 39.2 Å². The summed E-state index contributed by atoms with van der Waals surface area (Å²) < 4.78 is 14.6. The summed E-state index contributed by atoms with van der Waals surface area (Å²) in [4.78, 5) is 34.0. The molecule has 2 unspecified atom stereocenters. The summed E-state index contributed by atoms with van der Waals surface area (Å²) in [7, 11) is 0. The van der Waals surface area contributed by atoms with Gasteiger partial charge in [0.1, 0.15) is 19.3 Å². The second-order valence-corrected chi connectivity index (χ2v) is 6.57. The van der Waals surface area contributed by atoms with Crippen molar-refractivity contribution in [1.29, 1.82) is 0 Å². The van der Waals surface area contributed by atoms with Gasteiger partial charge in [0.2, 0.25) is 0 Å². The van der Waals surface area contributed by atoms with E-state index in [9.17, 15) is 19.5 Å². The summed E-state index contributed by atoms with van der Waals surface area (Å²) in [6, 6.07) is 0. The normalized spacial score (nSPS) is 12.8. The predicted molar refractivity (Wildman–Crippen MR) is 95.1 cm³/mol. The van der Waals surface area contributed by atoms with Gasteiger partial charge < -0.3 is 19.3 Å². The molecule has 0 aliphatic carbocycles. The first kappa shape index (κ1) is 23.5. The second kappa shape index (κ2) is 14.8. The Balaban J connectivity index is 3.70. The van der Waals surface area contributed by atoms with Crippen LogP contribution < -0.4 is 0 Å². The molecule has 0 rings (SSSR count).